The first-order valence-electron chi connectivity index (χ1n) is 8.93. The van der Waals surface area contributed by atoms with Crippen LogP contribution in [0.25, 0.3) is 0 Å². The van der Waals surface area contributed by atoms with Gasteiger partial charge in [0.1, 0.15) is 11.9 Å². The molecule has 0 radical (unpaired) electrons. The summed E-state index contributed by atoms with van der Waals surface area (Å²) in [5, 5.41) is 0. The molecule has 1 unspecified atom stereocenters. The van der Waals surface area contributed by atoms with Crippen LogP contribution in [-0.4, -0.2) is 48.3 Å². The Kier molecular flexibility index (Phi) is 6.79. The molecule has 1 aliphatic heterocycles. The second kappa shape index (κ2) is 9.11. The van der Waals surface area contributed by atoms with Gasteiger partial charge in [-0.1, -0.05) is 19.1 Å². The quantitative estimate of drug-likeness (QED) is 0.504. The Morgan fingerprint density at radius 3 is 2.46 bits per heavy atom. The first-order valence-corrected chi connectivity index (χ1v) is 9.70. The molecule has 4 nitrogen and oxygen atoms in total. The van der Waals surface area contributed by atoms with E-state index < -0.39 is 18.0 Å². The van der Waals surface area contributed by atoms with E-state index in [4.69, 9.17) is 4.74 Å². The van der Waals surface area contributed by atoms with Crippen molar-refractivity contribution in [1.82, 2.24) is 9.29 Å². The molecule has 1 saturated heterocycles. The standard InChI is InChI=1S/C19H21F4N3OS/c1-2-26(18(19(21,22)23)14-3-5-15(20)6-4-14)28-17-11-16(12-24-13-17)25-7-9-27-10-8-25/h3-6,11-13,18H,2,7-10H2,1H3. The average Bonchev–Trinajstić information content (AvgIpc) is 2.69. The highest BCUT2D eigenvalue weighted by atomic mass is 32.2. The topological polar surface area (TPSA) is 28.6 Å². The highest BCUT2D eigenvalue weighted by molar-refractivity contribution is 7.97. The molecule has 2 aromatic rings. The number of rotatable bonds is 6. The fraction of sp³-hybridized carbons (Fsp3) is 0.421. The largest absolute Gasteiger partial charge is 0.408 e. The lowest BCUT2D eigenvalue weighted by Crippen LogP contribution is -2.36. The second-order valence-corrected chi connectivity index (χ2v) is 7.42. The molecule has 1 aromatic carbocycles. The van der Waals surface area contributed by atoms with E-state index in [1.807, 2.05) is 6.07 Å². The summed E-state index contributed by atoms with van der Waals surface area (Å²) in [6.45, 7) is 4.46. The Morgan fingerprint density at radius 2 is 1.86 bits per heavy atom. The maximum absolute atomic E-state index is 13.8. The van der Waals surface area contributed by atoms with Gasteiger partial charge in [-0.3, -0.25) is 4.98 Å². The highest BCUT2D eigenvalue weighted by Gasteiger charge is 2.44. The Bertz CT molecular complexity index is 767. The Morgan fingerprint density at radius 1 is 1.18 bits per heavy atom. The summed E-state index contributed by atoms with van der Waals surface area (Å²) < 4.78 is 61.2. The number of hydrogen-bond acceptors (Lipinski definition) is 5. The Balaban J connectivity index is 1.84. The van der Waals surface area contributed by atoms with Crippen molar-refractivity contribution >= 4 is 17.6 Å². The lowest BCUT2D eigenvalue weighted by molar-refractivity contribution is -0.172. The number of pyridine rings is 1. The molecule has 1 fully saturated rings. The SMILES string of the molecule is CCN(Sc1cncc(N2CCOCC2)c1)C(c1ccc(F)cc1)C(F)(F)F. The summed E-state index contributed by atoms with van der Waals surface area (Å²) in [5.74, 6) is -0.567. The molecule has 0 spiro atoms. The third-order valence-corrected chi connectivity index (χ3v) is 5.53. The van der Waals surface area contributed by atoms with E-state index in [-0.39, 0.29) is 12.1 Å². The summed E-state index contributed by atoms with van der Waals surface area (Å²) in [5.41, 5.74) is 0.857. The van der Waals surface area contributed by atoms with Gasteiger partial charge in [0.05, 0.1) is 25.1 Å². The van der Waals surface area contributed by atoms with Crippen LogP contribution in [-0.2, 0) is 4.74 Å². The van der Waals surface area contributed by atoms with Crippen LogP contribution in [0, 0.1) is 5.82 Å². The van der Waals surface area contributed by atoms with Crippen molar-refractivity contribution in [1.29, 1.82) is 0 Å². The van der Waals surface area contributed by atoms with Gasteiger partial charge >= 0.3 is 6.18 Å². The number of morpholine rings is 1. The van der Waals surface area contributed by atoms with Crippen LogP contribution < -0.4 is 4.90 Å². The zero-order chi connectivity index (χ0) is 20.1. The fourth-order valence-electron chi connectivity index (χ4n) is 3.05. The van der Waals surface area contributed by atoms with Gasteiger partial charge in [-0.05, 0) is 35.7 Å². The van der Waals surface area contributed by atoms with E-state index in [0.717, 1.165) is 29.8 Å². The molecule has 9 heteroatoms. The molecular weight excluding hydrogens is 394 g/mol. The lowest BCUT2D eigenvalue weighted by Gasteiger charge is -2.32. The van der Waals surface area contributed by atoms with Crippen molar-refractivity contribution in [3.63, 3.8) is 0 Å². The van der Waals surface area contributed by atoms with Crippen molar-refractivity contribution in [3.05, 3.63) is 54.1 Å². The van der Waals surface area contributed by atoms with Gasteiger partial charge in [0.25, 0.3) is 0 Å². The van der Waals surface area contributed by atoms with Crippen molar-refractivity contribution in [2.24, 2.45) is 0 Å². The van der Waals surface area contributed by atoms with E-state index in [1.54, 1.807) is 19.3 Å². The van der Waals surface area contributed by atoms with Crippen LogP contribution in [0.4, 0.5) is 23.2 Å². The van der Waals surface area contributed by atoms with Gasteiger partial charge in [-0.15, -0.1) is 0 Å². The first-order chi connectivity index (χ1) is 13.4. The van der Waals surface area contributed by atoms with E-state index in [9.17, 15) is 17.6 Å². The van der Waals surface area contributed by atoms with Crippen LogP contribution >= 0.6 is 11.9 Å². The van der Waals surface area contributed by atoms with Gasteiger partial charge in [0.15, 0.2) is 0 Å². The zero-order valence-corrected chi connectivity index (χ0v) is 16.1. The smallest absolute Gasteiger partial charge is 0.378 e. The number of hydrogen-bond donors (Lipinski definition) is 0. The number of ether oxygens (including phenoxy) is 1. The van der Waals surface area contributed by atoms with Crippen molar-refractivity contribution in [3.8, 4) is 0 Å². The number of halogens is 4. The van der Waals surface area contributed by atoms with E-state index >= 15 is 0 Å². The molecule has 1 aromatic heterocycles. The van der Waals surface area contributed by atoms with Gasteiger partial charge in [0.2, 0.25) is 0 Å². The Hall–Kier alpha value is -1.84. The molecule has 152 valence electrons. The van der Waals surface area contributed by atoms with Crippen LogP contribution in [0.15, 0.2) is 47.6 Å². The van der Waals surface area contributed by atoms with Gasteiger partial charge in [-0.25, -0.2) is 8.70 Å². The summed E-state index contributed by atoms with van der Waals surface area (Å²) in [6.07, 6.45) is -1.25. The predicted octanol–water partition coefficient (Wildman–Crippen LogP) is 4.69. The normalized spacial score (nSPS) is 16.4. The molecule has 0 aliphatic carbocycles. The third-order valence-electron chi connectivity index (χ3n) is 4.39. The van der Waals surface area contributed by atoms with Crippen molar-refractivity contribution in [2.75, 3.05) is 37.7 Å². The molecule has 0 bridgehead atoms. The maximum Gasteiger partial charge on any atom is 0.408 e. The fourth-order valence-corrected chi connectivity index (χ4v) is 4.08. The highest BCUT2D eigenvalue weighted by Crippen LogP contribution is 2.43. The molecule has 2 heterocycles. The summed E-state index contributed by atoms with van der Waals surface area (Å²) in [4.78, 5) is 6.90. The molecular formula is C19H21F4N3OS. The summed E-state index contributed by atoms with van der Waals surface area (Å²) >= 11 is 1.00. The lowest BCUT2D eigenvalue weighted by atomic mass is 10.1. The minimum Gasteiger partial charge on any atom is -0.378 e. The molecule has 1 atom stereocenters. The van der Waals surface area contributed by atoms with Crippen molar-refractivity contribution < 1.29 is 22.3 Å². The van der Waals surface area contributed by atoms with Crippen LogP contribution in [0.2, 0.25) is 0 Å². The Labute approximate surface area is 165 Å². The van der Waals surface area contributed by atoms with E-state index in [1.165, 1.54) is 16.4 Å². The number of nitrogens with zero attached hydrogens (tertiary/aromatic N) is 3. The summed E-state index contributed by atoms with van der Waals surface area (Å²) in [7, 11) is 0. The minimum absolute atomic E-state index is 0.000503. The minimum atomic E-state index is -4.50. The van der Waals surface area contributed by atoms with E-state index in [2.05, 4.69) is 9.88 Å². The molecule has 0 N–H and O–H groups in total. The molecule has 0 saturated carbocycles. The molecule has 3 rings (SSSR count). The van der Waals surface area contributed by atoms with E-state index in [0.29, 0.717) is 31.2 Å². The van der Waals surface area contributed by atoms with Crippen LogP contribution in [0.3, 0.4) is 0 Å². The summed E-state index contributed by atoms with van der Waals surface area (Å²) in [6, 6.07) is 4.44. The van der Waals surface area contributed by atoms with Crippen molar-refractivity contribution in [2.45, 2.75) is 24.0 Å². The number of aromatic nitrogens is 1. The van der Waals surface area contributed by atoms with Gasteiger partial charge in [0, 0.05) is 30.7 Å². The molecule has 0 amide bonds. The van der Waals surface area contributed by atoms with Gasteiger partial charge in [-0.2, -0.15) is 13.2 Å². The van der Waals surface area contributed by atoms with Crippen LogP contribution in [0.1, 0.15) is 18.5 Å². The molecule has 1 aliphatic rings. The predicted molar refractivity (Wildman–Crippen MR) is 101 cm³/mol. The average molecular weight is 415 g/mol. The third kappa shape index (κ3) is 5.15. The number of anilines is 1. The number of benzene rings is 1. The zero-order valence-electron chi connectivity index (χ0n) is 15.3. The second-order valence-electron chi connectivity index (χ2n) is 6.30. The first kappa shape index (κ1) is 20.9. The van der Waals surface area contributed by atoms with Crippen LogP contribution in [0.5, 0.6) is 0 Å². The number of alkyl halides is 3. The molecule has 28 heavy (non-hydrogen) atoms. The van der Waals surface area contributed by atoms with Gasteiger partial charge < -0.3 is 9.64 Å². The monoisotopic (exact) mass is 415 g/mol. The maximum atomic E-state index is 13.8.